The number of para-hydroxylation sites is 2. The van der Waals surface area contributed by atoms with Crippen molar-refractivity contribution in [3.05, 3.63) is 106 Å². The molecule has 2 aliphatic heterocycles. The van der Waals surface area contributed by atoms with Crippen LogP contribution in [0, 0.1) is 0 Å². The minimum atomic E-state index is -0.0701. The number of carbonyl (C=O) groups excluding carboxylic acids is 1. The monoisotopic (exact) mass is 667 g/mol. The van der Waals surface area contributed by atoms with Crippen LogP contribution in [-0.4, -0.2) is 40.7 Å². The van der Waals surface area contributed by atoms with Crippen molar-refractivity contribution >= 4 is 47.3 Å². The molecule has 5 heteroatoms. The first-order valence-electron chi connectivity index (χ1n) is 17.8. The summed E-state index contributed by atoms with van der Waals surface area (Å²) in [6.07, 6.45) is 18.1. The molecule has 0 fully saturated rings. The van der Waals surface area contributed by atoms with Gasteiger partial charge < -0.3 is 4.90 Å². The second kappa shape index (κ2) is 15.6. The summed E-state index contributed by atoms with van der Waals surface area (Å²) in [6.45, 7) is 15.5. The van der Waals surface area contributed by atoms with E-state index in [0.29, 0.717) is 6.42 Å². The fourth-order valence-corrected chi connectivity index (χ4v) is 9.05. The Kier molecular flexibility index (Phi) is 11.8. The van der Waals surface area contributed by atoms with Crippen LogP contribution in [0.1, 0.15) is 104 Å². The Labute approximate surface area is 294 Å². The lowest BCUT2D eigenvalue weighted by molar-refractivity contribution is -0.438. The number of benzene rings is 2. The Hall–Kier alpha value is -2.76. The van der Waals surface area contributed by atoms with Crippen LogP contribution in [-0.2, 0) is 15.6 Å². The van der Waals surface area contributed by atoms with Crippen LogP contribution in [0.3, 0.4) is 0 Å². The molecule has 3 nitrogen and oxygen atoms in total. The molecule has 0 saturated carbocycles. The van der Waals surface area contributed by atoms with E-state index >= 15 is 0 Å². The Morgan fingerprint density at radius 2 is 1.68 bits per heavy atom. The molecule has 0 aromatic heterocycles. The zero-order chi connectivity index (χ0) is 33.6. The molecule has 47 heavy (non-hydrogen) atoms. The SMILES string of the molecule is CCCCN1/C(=C/C=C2\CCCC(/C=C/C3=[N+](CCCCS)c4ccccc4C3(C)C)=C2SCCC(C)=O)C(C)(C)c2ccccc21. The topological polar surface area (TPSA) is 23.3 Å². The zero-order valence-electron chi connectivity index (χ0n) is 29.6. The third-order valence-corrected chi connectivity index (χ3v) is 11.7. The number of ketones is 1. The van der Waals surface area contributed by atoms with E-state index in [0.717, 1.165) is 56.7 Å². The second-order valence-corrected chi connectivity index (χ2v) is 15.9. The number of hydrogen-bond donors (Lipinski definition) is 1. The van der Waals surface area contributed by atoms with Gasteiger partial charge in [-0.1, -0.05) is 75.7 Å². The number of rotatable bonds is 14. The fraction of sp³-hybridized carbons (Fsp3) is 0.476. The van der Waals surface area contributed by atoms with Gasteiger partial charge in [0.05, 0.1) is 5.41 Å². The minimum Gasteiger partial charge on any atom is -0.344 e. The predicted octanol–water partition coefficient (Wildman–Crippen LogP) is 10.9. The summed E-state index contributed by atoms with van der Waals surface area (Å²) in [4.78, 5) is 15.9. The van der Waals surface area contributed by atoms with Gasteiger partial charge in [-0.2, -0.15) is 17.2 Å². The van der Waals surface area contributed by atoms with Gasteiger partial charge in [0.15, 0.2) is 5.71 Å². The summed E-state index contributed by atoms with van der Waals surface area (Å²) in [6, 6.07) is 17.9. The first kappa shape index (κ1) is 35.5. The van der Waals surface area contributed by atoms with Crippen LogP contribution in [0.2, 0.25) is 0 Å². The number of carbonyl (C=O) groups is 1. The number of nitrogens with zero attached hydrogens (tertiary/aromatic N) is 2. The number of thiol groups is 1. The molecule has 0 spiro atoms. The third-order valence-electron chi connectivity index (χ3n) is 10.2. The van der Waals surface area contributed by atoms with E-state index in [9.17, 15) is 4.79 Å². The zero-order valence-corrected chi connectivity index (χ0v) is 31.3. The minimum absolute atomic E-state index is 0.0550. The molecular weight excluding hydrogens is 613 g/mol. The first-order valence-corrected chi connectivity index (χ1v) is 19.4. The van der Waals surface area contributed by atoms with Gasteiger partial charge in [-0.25, -0.2) is 0 Å². The van der Waals surface area contributed by atoms with Gasteiger partial charge in [-0.3, -0.25) is 4.79 Å². The number of unbranched alkanes of at least 4 members (excludes halogenated alkanes) is 2. The summed E-state index contributed by atoms with van der Waals surface area (Å²) >= 11 is 6.36. The van der Waals surface area contributed by atoms with E-state index in [1.807, 2.05) is 11.8 Å². The van der Waals surface area contributed by atoms with E-state index < -0.39 is 0 Å². The molecule has 0 saturated heterocycles. The molecule has 250 valence electrons. The average Bonchev–Trinajstić information content (AvgIpc) is 3.40. The average molecular weight is 668 g/mol. The number of Topliss-reactive ketones (excluding diaryl/α,β-unsaturated/α-hetero) is 1. The van der Waals surface area contributed by atoms with Crippen molar-refractivity contribution in [2.75, 3.05) is 29.5 Å². The van der Waals surface area contributed by atoms with Crippen molar-refractivity contribution in [2.45, 2.75) is 104 Å². The van der Waals surface area contributed by atoms with Crippen molar-refractivity contribution in [3.63, 3.8) is 0 Å². The number of anilines is 1. The molecule has 3 aliphatic rings. The maximum Gasteiger partial charge on any atom is 0.209 e. The van der Waals surface area contributed by atoms with E-state index in [1.165, 1.54) is 62.8 Å². The number of thioether (sulfide) groups is 1. The predicted molar refractivity (Wildman–Crippen MR) is 208 cm³/mol. The Morgan fingerprint density at radius 1 is 0.936 bits per heavy atom. The highest BCUT2D eigenvalue weighted by molar-refractivity contribution is 8.03. The van der Waals surface area contributed by atoms with Crippen LogP contribution in [0.25, 0.3) is 0 Å². The Morgan fingerprint density at radius 3 is 2.43 bits per heavy atom. The van der Waals surface area contributed by atoms with Gasteiger partial charge in [0, 0.05) is 64.5 Å². The molecule has 2 aromatic carbocycles. The Bertz CT molecular complexity index is 1620. The molecule has 2 aromatic rings. The quantitative estimate of drug-likeness (QED) is 0.123. The Balaban J connectivity index is 1.55. The summed E-state index contributed by atoms with van der Waals surface area (Å²) in [7, 11) is 0. The maximum atomic E-state index is 12.0. The van der Waals surface area contributed by atoms with Crippen molar-refractivity contribution in [2.24, 2.45) is 0 Å². The maximum absolute atomic E-state index is 12.0. The molecule has 0 bridgehead atoms. The van der Waals surface area contributed by atoms with E-state index in [1.54, 1.807) is 6.92 Å². The molecule has 1 aliphatic carbocycles. The standard InChI is InChI=1S/C42H54N2OS2/c1-7-8-27-43-36-20-11-9-18-34(36)41(3,4)38(43)24-22-32-16-15-17-33(40(32)47-30-26-31(2)45)23-25-39-42(5,6)35-19-10-12-21-37(35)44(39)28-13-14-29-46/h9-12,18-25H,7-8,13-17,26-30H2,1-6H3/p+1. The van der Waals surface area contributed by atoms with Gasteiger partial charge in [0.2, 0.25) is 5.69 Å². The lowest BCUT2D eigenvalue weighted by Gasteiger charge is -2.27. The largest absolute Gasteiger partial charge is 0.344 e. The van der Waals surface area contributed by atoms with Crippen molar-refractivity contribution in [3.8, 4) is 0 Å². The molecular formula is C42H55N2OS2+. The molecule has 2 heterocycles. The highest BCUT2D eigenvalue weighted by atomic mass is 32.2. The molecule has 0 N–H and O–H groups in total. The number of fused-ring (bicyclic) bond motifs is 2. The molecule has 5 rings (SSSR count). The molecule has 0 radical (unpaired) electrons. The summed E-state index contributed by atoms with van der Waals surface area (Å²) in [5, 5.41) is 0. The van der Waals surface area contributed by atoms with Gasteiger partial charge in [0.25, 0.3) is 0 Å². The van der Waals surface area contributed by atoms with E-state index in [-0.39, 0.29) is 16.6 Å². The summed E-state index contributed by atoms with van der Waals surface area (Å²) in [5.74, 6) is 2.00. The van der Waals surface area contributed by atoms with E-state index in [2.05, 4.69) is 130 Å². The number of allylic oxidation sites excluding steroid dienone is 7. The number of hydrogen-bond acceptors (Lipinski definition) is 4. The second-order valence-electron chi connectivity index (χ2n) is 14.3. The van der Waals surface area contributed by atoms with Gasteiger partial charge >= 0.3 is 0 Å². The molecule has 0 unspecified atom stereocenters. The lowest BCUT2D eigenvalue weighted by atomic mass is 9.81. The molecule has 0 amide bonds. The van der Waals surface area contributed by atoms with Gasteiger partial charge in [-0.15, -0.1) is 11.8 Å². The smallest absolute Gasteiger partial charge is 0.209 e. The van der Waals surface area contributed by atoms with Crippen LogP contribution in [0.4, 0.5) is 11.4 Å². The highest BCUT2D eigenvalue weighted by Gasteiger charge is 2.44. The van der Waals surface area contributed by atoms with Crippen molar-refractivity contribution in [1.82, 2.24) is 0 Å². The van der Waals surface area contributed by atoms with Crippen molar-refractivity contribution < 1.29 is 9.37 Å². The van der Waals surface area contributed by atoms with Crippen LogP contribution >= 0.6 is 24.4 Å². The lowest BCUT2D eigenvalue weighted by Crippen LogP contribution is -2.28. The van der Waals surface area contributed by atoms with Crippen LogP contribution in [0.5, 0.6) is 0 Å². The summed E-state index contributed by atoms with van der Waals surface area (Å²) in [5.41, 5.74) is 10.9. The highest BCUT2D eigenvalue weighted by Crippen LogP contribution is 2.48. The fourth-order valence-electron chi connectivity index (χ4n) is 7.52. The first-order chi connectivity index (χ1) is 22.6. The third kappa shape index (κ3) is 7.62. The normalized spacial score (nSPS) is 20.2. The van der Waals surface area contributed by atoms with Gasteiger partial charge in [0.1, 0.15) is 12.3 Å². The van der Waals surface area contributed by atoms with Crippen LogP contribution in [0.15, 0.2) is 94.6 Å². The summed E-state index contributed by atoms with van der Waals surface area (Å²) < 4.78 is 2.55. The molecule has 0 atom stereocenters. The van der Waals surface area contributed by atoms with Crippen molar-refractivity contribution in [1.29, 1.82) is 0 Å². The van der Waals surface area contributed by atoms with E-state index in [4.69, 9.17) is 0 Å². The van der Waals surface area contributed by atoms with Crippen LogP contribution < -0.4 is 4.90 Å². The van der Waals surface area contributed by atoms with Gasteiger partial charge in [-0.05, 0) is 87.5 Å².